The van der Waals surface area contributed by atoms with Crippen LogP contribution in [0, 0.1) is 11.3 Å². The zero-order chi connectivity index (χ0) is 14.5. The van der Waals surface area contributed by atoms with Crippen molar-refractivity contribution < 1.29 is 14.3 Å². The third kappa shape index (κ3) is 3.91. The van der Waals surface area contributed by atoms with Crippen LogP contribution in [0.5, 0.6) is 0 Å². The van der Waals surface area contributed by atoms with E-state index in [-0.39, 0.29) is 11.9 Å². The van der Waals surface area contributed by atoms with Gasteiger partial charge >= 0.3 is 0 Å². The second-order valence-corrected chi connectivity index (χ2v) is 5.77. The molecule has 3 N–H and O–H groups in total. The van der Waals surface area contributed by atoms with E-state index >= 15 is 0 Å². The second-order valence-electron chi connectivity index (χ2n) is 5.77. The number of amides is 1. The summed E-state index contributed by atoms with van der Waals surface area (Å²) in [6.07, 6.45) is 3.44. The Morgan fingerprint density at radius 2 is 1.89 bits per heavy atom. The van der Waals surface area contributed by atoms with Gasteiger partial charge in [-0.2, -0.15) is 0 Å². The maximum Gasteiger partial charge on any atom is 0.227 e. The average Bonchev–Trinajstić information content (AvgIpc) is 2.41. The molecule has 0 aromatic heterocycles. The van der Waals surface area contributed by atoms with Gasteiger partial charge in [0.1, 0.15) is 0 Å². The van der Waals surface area contributed by atoms with Crippen molar-refractivity contribution in [2.75, 3.05) is 20.8 Å². The number of methoxy groups -OCH3 is 2. The van der Waals surface area contributed by atoms with E-state index in [2.05, 4.69) is 12.2 Å². The summed E-state index contributed by atoms with van der Waals surface area (Å²) < 4.78 is 10.3. The third-order valence-corrected chi connectivity index (χ3v) is 4.34. The summed E-state index contributed by atoms with van der Waals surface area (Å²) in [6, 6.07) is -0.190. The van der Waals surface area contributed by atoms with Crippen molar-refractivity contribution in [2.45, 2.75) is 51.9 Å². The molecule has 112 valence electrons. The van der Waals surface area contributed by atoms with Gasteiger partial charge in [-0.05, 0) is 38.5 Å². The molecule has 0 aromatic rings. The largest absolute Gasteiger partial charge is 0.354 e. The Morgan fingerprint density at radius 1 is 1.37 bits per heavy atom. The zero-order valence-electron chi connectivity index (χ0n) is 12.6. The Morgan fingerprint density at radius 3 is 2.32 bits per heavy atom. The summed E-state index contributed by atoms with van der Waals surface area (Å²) in [4.78, 5) is 12.5. The quantitative estimate of drug-likeness (QED) is 0.714. The first-order chi connectivity index (χ1) is 8.99. The van der Waals surface area contributed by atoms with E-state index in [0.717, 1.165) is 25.7 Å². The van der Waals surface area contributed by atoms with E-state index in [0.29, 0.717) is 12.5 Å². The van der Waals surface area contributed by atoms with Crippen LogP contribution in [-0.2, 0) is 14.3 Å². The number of hydrogen-bond acceptors (Lipinski definition) is 4. The Kier molecular flexibility index (Phi) is 6.23. The van der Waals surface area contributed by atoms with Gasteiger partial charge in [0.05, 0.1) is 11.5 Å². The minimum Gasteiger partial charge on any atom is -0.354 e. The van der Waals surface area contributed by atoms with Gasteiger partial charge in [0.25, 0.3) is 0 Å². The van der Waals surface area contributed by atoms with Crippen LogP contribution in [0.2, 0.25) is 0 Å². The molecule has 1 saturated carbocycles. The van der Waals surface area contributed by atoms with Gasteiger partial charge < -0.3 is 20.5 Å². The monoisotopic (exact) mass is 272 g/mol. The molecule has 0 bridgehead atoms. The van der Waals surface area contributed by atoms with Gasteiger partial charge in [-0.25, -0.2) is 0 Å². The minimum absolute atomic E-state index is 0.0356. The van der Waals surface area contributed by atoms with Crippen LogP contribution in [0.3, 0.4) is 0 Å². The van der Waals surface area contributed by atoms with Gasteiger partial charge in [0, 0.05) is 20.8 Å². The fourth-order valence-corrected chi connectivity index (χ4v) is 2.77. The van der Waals surface area contributed by atoms with E-state index in [1.165, 1.54) is 0 Å². The number of rotatable bonds is 6. The first kappa shape index (κ1) is 16.4. The lowest BCUT2D eigenvalue weighted by molar-refractivity contribution is -0.144. The van der Waals surface area contributed by atoms with E-state index in [1.54, 1.807) is 14.2 Å². The molecule has 1 aliphatic rings. The van der Waals surface area contributed by atoms with Crippen molar-refractivity contribution in [3.05, 3.63) is 0 Å². The summed E-state index contributed by atoms with van der Waals surface area (Å²) in [5.41, 5.74) is 5.47. The molecular formula is C14H28N2O3. The molecule has 1 fully saturated rings. The molecule has 0 spiro atoms. The highest BCUT2D eigenvalue weighted by molar-refractivity contribution is 5.83. The predicted octanol–water partition coefficient (Wildman–Crippen LogP) is 1.27. The van der Waals surface area contributed by atoms with Crippen LogP contribution >= 0.6 is 0 Å². The number of hydrogen-bond donors (Lipinski definition) is 2. The highest BCUT2D eigenvalue weighted by atomic mass is 16.7. The Bertz CT molecular complexity index is 284. The SMILES string of the molecule is COC(OC)C(C)NC(=O)C1(CN)CCC(C)CC1. The lowest BCUT2D eigenvalue weighted by atomic mass is 9.70. The maximum absolute atomic E-state index is 12.5. The van der Waals surface area contributed by atoms with Crippen LogP contribution in [0.4, 0.5) is 0 Å². The Labute approximate surface area is 116 Å². The van der Waals surface area contributed by atoms with Crippen molar-refractivity contribution in [2.24, 2.45) is 17.1 Å². The normalized spacial score (nSPS) is 29.3. The fourth-order valence-electron chi connectivity index (χ4n) is 2.77. The van der Waals surface area contributed by atoms with Crippen molar-refractivity contribution >= 4 is 5.91 Å². The van der Waals surface area contributed by atoms with E-state index < -0.39 is 11.7 Å². The summed E-state index contributed by atoms with van der Waals surface area (Å²) in [6.45, 7) is 4.51. The number of ether oxygens (including phenoxy) is 2. The predicted molar refractivity (Wildman–Crippen MR) is 74.5 cm³/mol. The third-order valence-electron chi connectivity index (χ3n) is 4.34. The van der Waals surface area contributed by atoms with Crippen LogP contribution < -0.4 is 11.1 Å². The van der Waals surface area contributed by atoms with Crippen LogP contribution in [0.15, 0.2) is 0 Å². The van der Waals surface area contributed by atoms with Crippen molar-refractivity contribution in [1.29, 1.82) is 0 Å². The number of carbonyl (C=O) groups is 1. The van der Waals surface area contributed by atoms with E-state index in [4.69, 9.17) is 15.2 Å². The van der Waals surface area contributed by atoms with E-state index in [9.17, 15) is 4.79 Å². The summed E-state index contributed by atoms with van der Waals surface area (Å²) in [5.74, 6) is 0.726. The lowest BCUT2D eigenvalue weighted by Gasteiger charge is -2.38. The second kappa shape index (κ2) is 7.22. The molecule has 0 heterocycles. The highest BCUT2D eigenvalue weighted by Crippen LogP contribution is 2.38. The van der Waals surface area contributed by atoms with Crippen LogP contribution in [0.25, 0.3) is 0 Å². The van der Waals surface area contributed by atoms with Gasteiger partial charge in [0.15, 0.2) is 6.29 Å². The minimum atomic E-state index is -0.429. The summed E-state index contributed by atoms with van der Waals surface area (Å²) in [7, 11) is 3.13. The molecule has 0 saturated heterocycles. The molecule has 1 amide bonds. The molecule has 0 aliphatic heterocycles. The Hall–Kier alpha value is -0.650. The number of nitrogens with one attached hydrogen (secondary N) is 1. The standard InChI is InChI=1S/C14H28N2O3/c1-10-5-7-14(9-15,8-6-10)13(17)16-11(2)12(18-3)19-4/h10-12H,5-9,15H2,1-4H3,(H,16,17). The average molecular weight is 272 g/mol. The van der Waals surface area contributed by atoms with Gasteiger partial charge in [0.2, 0.25) is 5.91 Å². The Balaban J connectivity index is 2.64. The van der Waals surface area contributed by atoms with Crippen LogP contribution in [-0.4, -0.2) is 39.0 Å². The molecular weight excluding hydrogens is 244 g/mol. The first-order valence-corrected chi connectivity index (χ1v) is 7.05. The molecule has 19 heavy (non-hydrogen) atoms. The molecule has 0 radical (unpaired) electrons. The van der Waals surface area contributed by atoms with Crippen molar-refractivity contribution in [1.82, 2.24) is 5.32 Å². The lowest BCUT2D eigenvalue weighted by Crippen LogP contribution is -2.53. The smallest absolute Gasteiger partial charge is 0.227 e. The van der Waals surface area contributed by atoms with Gasteiger partial charge in [-0.3, -0.25) is 4.79 Å². The van der Waals surface area contributed by atoms with Gasteiger partial charge in [-0.15, -0.1) is 0 Å². The molecule has 5 nitrogen and oxygen atoms in total. The van der Waals surface area contributed by atoms with Crippen LogP contribution in [0.1, 0.15) is 39.5 Å². The van der Waals surface area contributed by atoms with Crippen molar-refractivity contribution in [3.63, 3.8) is 0 Å². The number of nitrogens with two attached hydrogens (primary N) is 1. The van der Waals surface area contributed by atoms with Crippen molar-refractivity contribution in [3.8, 4) is 0 Å². The summed E-state index contributed by atoms with van der Waals surface area (Å²) >= 11 is 0. The highest BCUT2D eigenvalue weighted by Gasteiger charge is 2.40. The molecule has 1 rings (SSSR count). The molecule has 1 unspecified atom stereocenters. The van der Waals surface area contributed by atoms with E-state index in [1.807, 2.05) is 6.92 Å². The molecule has 1 aliphatic carbocycles. The molecule has 5 heteroatoms. The maximum atomic E-state index is 12.5. The summed E-state index contributed by atoms with van der Waals surface area (Å²) in [5, 5.41) is 2.99. The van der Waals surface area contributed by atoms with Gasteiger partial charge in [-0.1, -0.05) is 6.92 Å². The number of carbonyl (C=O) groups excluding carboxylic acids is 1. The zero-order valence-corrected chi connectivity index (χ0v) is 12.6. The fraction of sp³-hybridized carbons (Fsp3) is 0.929. The molecule has 1 atom stereocenters. The topological polar surface area (TPSA) is 73.6 Å². The molecule has 0 aromatic carbocycles. The first-order valence-electron chi connectivity index (χ1n) is 7.05.